The number of benzene rings is 8. The average Bonchev–Trinajstić information content (AvgIpc) is 3.04. The van der Waals surface area contributed by atoms with Crippen LogP contribution in [-0.2, 0) is 0 Å². The summed E-state index contributed by atoms with van der Waals surface area (Å²) < 4.78 is 0. The van der Waals surface area contributed by atoms with Gasteiger partial charge in [0.1, 0.15) is 0 Å². The van der Waals surface area contributed by atoms with Crippen LogP contribution in [0.15, 0.2) is 155 Å². The molecule has 0 unspecified atom stereocenters. The van der Waals surface area contributed by atoms with Crippen molar-refractivity contribution in [2.45, 2.75) is 9.79 Å². The maximum Gasteiger partial charge on any atom is 0.0207 e. The number of rotatable bonds is 2. The molecule has 8 aromatic carbocycles. The van der Waals surface area contributed by atoms with Crippen molar-refractivity contribution in [3.63, 3.8) is 0 Å². The van der Waals surface area contributed by atoms with E-state index >= 15 is 0 Å². The van der Waals surface area contributed by atoms with Gasteiger partial charge in [0, 0.05) is 15.2 Å². The zero-order valence-electron chi connectivity index (χ0n) is 22.3. The van der Waals surface area contributed by atoms with E-state index in [1.54, 1.807) is 0 Å². The Labute approximate surface area is 242 Å². The lowest BCUT2D eigenvalue weighted by atomic mass is 9.84. The summed E-state index contributed by atoms with van der Waals surface area (Å²) in [5.74, 6) is 0. The molecule has 9 rings (SSSR count). The summed E-state index contributed by atoms with van der Waals surface area (Å²) in [5.41, 5.74) is 7.79. The Balaban J connectivity index is 1.46. The van der Waals surface area contributed by atoms with Crippen molar-refractivity contribution in [2.75, 3.05) is 0 Å². The van der Waals surface area contributed by atoms with Crippen LogP contribution in [0.1, 0.15) is 0 Å². The smallest absolute Gasteiger partial charge is 0.0207 e. The highest BCUT2D eigenvalue weighted by atomic mass is 32.2. The molecule has 0 nitrogen and oxygen atoms in total. The van der Waals surface area contributed by atoms with Crippen molar-refractivity contribution < 1.29 is 0 Å². The van der Waals surface area contributed by atoms with E-state index in [1.807, 2.05) is 11.8 Å². The second-order valence-electron chi connectivity index (χ2n) is 10.8. The molecule has 0 atom stereocenters. The van der Waals surface area contributed by atoms with Crippen LogP contribution in [0.25, 0.3) is 76.5 Å². The molecule has 8 aromatic rings. The Morgan fingerprint density at radius 2 is 1.02 bits per heavy atom. The molecule has 0 aromatic heterocycles. The minimum atomic E-state index is 1.25. The third-order valence-electron chi connectivity index (χ3n) is 8.62. The first-order valence-electron chi connectivity index (χ1n) is 14.1. The predicted octanol–water partition coefficient (Wildman–Crippen LogP) is 11.8. The lowest BCUT2D eigenvalue weighted by molar-refractivity contribution is 1.40. The molecule has 0 N–H and O–H groups in total. The highest BCUT2D eigenvalue weighted by molar-refractivity contribution is 7.99. The van der Waals surface area contributed by atoms with Crippen LogP contribution in [0.2, 0.25) is 0 Å². The molecule has 41 heavy (non-hydrogen) atoms. The van der Waals surface area contributed by atoms with Crippen molar-refractivity contribution in [2.24, 2.45) is 0 Å². The molecule has 0 radical (unpaired) electrons. The zero-order chi connectivity index (χ0) is 26.9. The molecule has 0 spiro atoms. The van der Waals surface area contributed by atoms with Crippen LogP contribution >= 0.6 is 11.8 Å². The second-order valence-corrected chi connectivity index (χ2v) is 11.9. The molecule has 1 heteroatoms. The Morgan fingerprint density at radius 1 is 0.341 bits per heavy atom. The van der Waals surface area contributed by atoms with Gasteiger partial charge in [0.15, 0.2) is 0 Å². The topological polar surface area (TPSA) is 0 Å². The Kier molecular flexibility index (Phi) is 4.93. The van der Waals surface area contributed by atoms with Crippen LogP contribution < -0.4 is 0 Å². The maximum absolute atomic E-state index is 2.42. The third-order valence-corrected chi connectivity index (χ3v) is 9.76. The second kappa shape index (κ2) is 8.83. The third kappa shape index (κ3) is 3.36. The maximum atomic E-state index is 2.42. The summed E-state index contributed by atoms with van der Waals surface area (Å²) in [5, 5.41) is 10.4. The standard InChI is InChI=1S/C40H24S/c1-2-11-25(12-3-1)38-28-15-6-4-14-27(28)24-35-34(23-26-13-5-7-16-29(26)40(35)38)30-21-22-37-39-32(30)18-10-19-33(39)31-17-8-9-20-36(31)41-37/h1-24H. The van der Waals surface area contributed by atoms with E-state index in [0.717, 1.165) is 0 Å². The Hall–Kier alpha value is -4.85. The van der Waals surface area contributed by atoms with E-state index in [9.17, 15) is 0 Å². The van der Waals surface area contributed by atoms with Crippen LogP contribution in [0.5, 0.6) is 0 Å². The van der Waals surface area contributed by atoms with Crippen LogP contribution in [-0.4, -0.2) is 0 Å². The molecule has 0 saturated heterocycles. The molecule has 0 bridgehead atoms. The van der Waals surface area contributed by atoms with Gasteiger partial charge in [0.2, 0.25) is 0 Å². The Morgan fingerprint density at radius 3 is 1.90 bits per heavy atom. The predicted molar refractivity (Wildman–Crippen MR) is 177 cm³/mol. The molecule has 0 amide bonds. The van der Waals surface area contributed by atoms with Gasteiger partial charge in [-0.2, -0.15) is 0 Å². The monoisotopic (exact) mass is 536 g/mol. The summed E-state index contributed by atoms with van der Waals surface area (Å²) >= 11 is 1.89. The lowest BCUT2D eigenvalue weighted by Gasteiger charge is -2.23. The van der Waals surface area contributed by atoms with E-state index in [4.69, 9.17) is 0 Å². The Bertz CT molecular complexity index is 2330. The summed E-state index contributed by atoms with van der Waals surface area (Å²) in [4.78, 5) is 2.66. The molecule has 190 valence electrons. The van der Waals surface area contributed by atoms with Gasteiger partial charge < -0.3 is 0 Å². The van der Waals surface area contributed by atoms with Gasteiger partial charge in [0.25, 0.3) is 0 Å². The molecule has 1 aliphatic heterocycles. The molecule has 0 saturated carbocycles. The van der Waals surface area contributed by atoms with E-state index in [-0.39, 0.29) is 0 Å². The van der Waals surface area contributed by atoms with Crippen molar-refractivity contribution in [3.8, 4) is 33.4 Å². The van der Waals surface area contributed by atoms with Gasteiger partial charge in [-0.15, -0.1) is 0 Å². The SMILES string of the molecule is c1ccc(-c2c3ccccc3cc3c(-c4ccc5c6c(cccc46)-c4ccccc4S5)cc4ccccc4c23)cc1. The highest BCUT2D eigenvalue weighted by Crippen LogP contribution is 2.51. The summed E-state index contributed by atoms with van der Waals surface area (Å²) in [7, 11) is 0. The average molecular weight is 537 g/mol. The van der Waals surface area contributed by atoms with Gasteiger partial charge in [0.05, 0.1) is 0 Å². The fourth-order valence-electron chi connectivity index (χ4n) is 6.87. The number of fused-ring (bicyclic) bond motifs is 6. The van der Waals surface area contributed by atoms with Gasteiger partial charge >= 0.3 is 0 Å². The van der Waals surface area contributed by atoms with Gasteiger partial charge in [-0.3, -0.25) is 0 Å². The van der Waals surface area contributed by atoms with Crippen molar-refractivity contribution in [3.05, 3.63) is 146 Å². The van der Waals surface area contributed by atoms with E-state index in [1.165, 1.54) is 86.3 Å². The fourth-order valence-corrected chi connectivity index (χ4v) is 8.00. The van der Waals surface area contributed by atoms with E-state index in [2.05, 4.69) is 146 Å². The lowest BCUT2D eigenvalue weighted by Crippen LogP contribution is -1.95. The van der Waals surface area contributed by atoms with Gasteiger partial charge in [-0.1, -0.05) is 133 Å². The first kappa shape index (κ1) is 22.9. The first-order valence-corrected chi connectivity index (χ1v) is 14.9. The molecular formula is C40H24S. The van der Waals surface area contributed by atoms with E-state index < -0.39 is 0 Å². The first-order chi connectivity index (χ1) is 20.3. The van der Waals surface area contributed by atoms with Crippen molar-refractivity contribution >= 4 is 54.9 Å². The summed E-state index contributed by atoms with van der Waals surface area (Å²) in [6.45, 7) is 0. The van der Waals surface area contributed by atoms with Gasteiger partial charge in [-0.25, -0.2) is 0 Å². The summed E-state index contributed by atoms with van der Waals surface area (Å²) in [6.07, 6.45) is 0. The van der Waals surface area contributed by atoms with Gasteiger partial charge in [-0.05, 0) is 95.3 Å². The molecule has 1 aliphatic rings. The van der Waals surface area contributed by atoms with Crippen molar-refractivity contribution in [1.82, 2.24) is 0 Å². The fraction of sp³-hybridized carbons (Fsp3) is 0. The molecule has 1 heterocycles. The van der Waals surface area contributed by atoms with Crippen LogP contribution in [0.4, 0.5) is 0 Å². The molecule has 0 aliphatic carbocycles. The molecular weight excluding hydrogens is 513 g/mol. The number of hydrogen-bond acceptors (Lipinski definition) is 1. The quantitative estimate of drug-likeness (QED) is 0.156. The highest BCUT2D eigenvalue weighted by Gasteiger charge is 2.22. The zero-order valence-corrected chi connectivity index (χ0v) is 23.1. The largest absolute Gasteiger partial charge is 0.0888 e. The minimum absolute atomic E-state index is 1.25. The van der Waals surface area contributed by atoms with Crippen LogP contribution in [0.3, 0.4) is 0 Å². The molecule has 0 fully saturated rings. The van der Waals surface area contributed by atoms with Crippen LogP contribution in [0, 0.1) is 0 Å². The minimum Gasteiger partial charge on any atom is -0.0888 e. The summed E-state index contributed by atoms with van der Waals surface area (Å²) in [6, 6.07) is 53.8. The van der Waals surface area contributed by atoms with E-state index in [0.29, 0.717) is 0 Å². The van der Waals surface area contributed by atoms with Crippen molar-refractivity contribution in [1.29, 1.82) is 0 Å². The normalized spacial score (nSPS) is 12.3. The number of hydrogen-bond donors (Lipinski definition) is 0.